The number of carbonyl (C=O) groups excluding carboxylic acids is 1. The molecule has 0 spiro atoms. The zero-order valence-corrected chi connectivity index (χ0v) is 13.8. The molecule has 0 unspecified atom stereocenters. The van der Waals surface area contributed by atoms with Crippen molar-refractivity contribution in [2.24, 2.45) is 0 Å². The molecule has 22 heavy (non-hydrogen) atoms. The molecule has 0 aliphatic heterocycles. The van der Waals surface area contributed by atoms with E-state index in [1.165, 1.54) is 11.8 Å². The third kappa shape index (κ3) is 6.29. The number of hydrogen-bond acceptors (Lipinski definition) is 4. The minimum absolute atomic E-state index is 0.0177. The molecule has 0 radical (unpaired) electrons. The van der Waals surface area contributed by atoms with Crippen LogP contribution in [0.1, 0.15) is 36.8 Å². The van der Waals surface area contributed by atoms with Gasteiger partial charge >= 0.3 is 6.18 Å². The van der Waals surface area contributed by atoms with Crippen LogP contribution in [0.15, 0.2) is 4.52 Å². The third-order valence-corrected chi connectivity index (χ3v) is 4.10. The van der Waals surface area contributed by atoms with Gasteiger partial charge in [-0.1, -0.05) is 18.5 Å². The fourth-order valence-electron chi connectivity index (χ4n) is 1.90. The van der Waals surface area contributed by atoms with Crippen molar-refractivity contribution < 1.29 is 22.5 Å². The van der Waals surface area contributed by atoms with Crippen LogP contribution in [0.4, 0.5) is 13.2 Å². The molecule has 0 saturated heterocycles. The second-order valence-electron chi connectivity index (χ2n) is 5.08. The molecule has 1 rings (SSSR count). The summed E-state index contributed by atoms with van der Waals surface area (Å²) in [5.41, 5.74) is 1.64. The minimum atomic E-state index is -4.37. The number of amides is 1. The molecule has 1 amide bonds. The predicted octanol–water partition coefficient (Wildman–Crippen LogP) is 3.72. The van der Waals surface area contributed by atoms with Gasteiger partial charge in [0.15, 0.2) is 0 Å². The van der Waals surface area contributed by atoms with E-state index in [9.17, 15) is 18.0 Å². The number of aromatic nitrogens is 1. The Morgan fingerprint density at radius 3 is 2.55 bits per heavy atom. The van der Waals surface area contributed by atoms with Crippen LogP contribution >= 0.6 is 11.8 Å². The van der Waals surface area contributed by atoms with Crippen molar-refractivity contribution in [3.63, 3.8) is 0 Å². The number of rotatable bonds is 8. The van der Waals surface area contributed by atoms with Gasteiger partial charge in [-0.2, -0.15) is 13.2 Å². The normalized spacial score (nSPS) is 11.7. The third-order valence-electron chi connectivity index (χ3n) is 3.16. The highest BCUT2D eigenvalue weighted by molar-refractivity contribution is 7.99. The van der Waals surface area contributed by atoms with Gasteiger partial charge in [0, 0.05) is 17.9 Å². The van der Waals surface area contributed by atoms with Crippen molar-refractivity contribution in [1.29, 1.82) is 0 Å². The zero-order valence-electron chi connectivity index (χ0n) is 13.0. The number of alkyl halides is 3. The van der Waals surface area contributed by atoms with Crippen molar-refractivity contribution in [3.8, 4) is 0 Å². The van der Waals surface area contributed by atoms with Crippen LogP contribution < -0.4 is 0 Å². The molecule has 1 aromatic heterocycles. The highest BCUT2D eigenvalue weighted by atomic mass is 32.2. The first-order chi connectivity index (χ1) is 10.2. The van der Waals surface area contributed by atoms with E-state index in [0.717, 1.165) is 22.6 Å². The smallest absolute Gasteiger partial charge is 0.361 e. The Balaban J connectivity index is 2.52. The van der Waals surface area contributed by atoms with Crippen molar-refractivity contribution >= 4 is 17.7 Å². The molecule has 0 fully saturated rings. The second-order valence-corrected chi connectivity index (χ2v) is 6.07. The Kier molecular flexibility index (Phi) is 7.25. The highest BCUT2D eigenvalue weighted by Gasteiger charge is 2.32. The van der Waals surface area contributed by atoms with E-state index in [1.807, 2.05) is 6.92 Å². The first kappa shape index (κ1) is 18.9. The number of halogens is 3. The van der Waals surface area contributed by atoms with Crippen molar-refractivity contribution in [2.75, 3.05) is 18.8 Å². The van der Waals surface area contributed by atoms with Crippen LogP contribution in [0.2, 0.25) is 0 Å². The fourth-order valence-corrected chi connectivity index (χ4v) is 2.97. The SMILES string of the molecule is CCCCN(CC(F)(F)F)C(=O)CSCc1c(C)noc1C. The topological polar surface area (TPSA) is 46.3 Å². The summed E-state index contributed by atoms with van der Waals surface area (Å²) in [5, 5.41) is 3.81. The molecular weight excluding hydrogens is 317 g/mol. The van der Waals surface area contributed by atoms with Gasteiger partial charge in [-0.3, -0.25) is 4.79 Å². The van der Waals surface area contributed by atoms with Gasteiger partial charge in [-0.15, -0.1) is 11.8 Å². The zero-order chi connectivity index (χ0) is 16.8. The Morgan fingerprint density at radius 1 is 1.36 bits per heavy atom. The van der Waals surface area contributed by atoms with E-state index in [4.69, 9.17) is 4.52 Å². The fraction of sp³-hybridized carbons (Fsp3) is 0.714. The molecule has 0 aromatic carbocycles. The van der Waals surface area contributed by atoms with E-state index in [0.29, 0.717) is 17.9 Å². The summed E-state index contributed by atoms with van der Waals surface area (Å²) in [7, 11) is 0. The Bertz CT molecular complexity index is 469. The minimum Gasteiger partial charge on any atom is -0.361 e. The van der Waals surface area contributed by atoms with Crippen LogP contribution in [-0.4, -0.2) is 41.0 Å². The number of thioether (sulfide) groups is 1. The van der Waals surface area contributed by atoms with Gasteiger partial charge in [0.25, 0.3) is 0 Å². The summed E-state index contributed by atoms with van der Waals surface area (Å²) in [6, 6.07) is 0. The Morgan fingerprint density at radius 2 is 2.05 bits per heavy atom. The van der Waals surface area contributed by atoms with E-state index in [2.05, 4.69) is 5.16 Å². The van der Waals surface area contributed by atoms with Crippen LogP contribution in [-0.2, 0) is 10.5 Å². The van der Waals surface area contributed by atoms with Crippen LogP contribution in [0.5, 0.6) is 0 Å². The van der Waals surface area contributed by atoms with E-state index in [1.54, 1.807) is 13.8 Å². The van der Waals surface area contributed by atoms with Gasteiger partial charge in [0.05, 0.1) is 11.4 Å². The molecule has 0 atom stereocenters. The number of unbranched alkanes of at least 4 members (excludes halogenated alkanes) is 1. The highest BCUT2D eigenvalue weighted by Crippen LogP contribution is 2.21. The first-order valence-corrected chi connectivity index (χ1v) is 8.24. The lowest BCUT2D eigenvalue weighted by Crippen LogP contribution is -2.40. The average molecular weight is 338 g/mol. The molecule has 8 heteroatoms. The summed E-state index contributed by atoms with van der Waals surface area (Å²) >= 11 is 1.28. The number of hydrogen-bond donors (Lipinski definition) is 0. The van der Waals surface area contributed by atoms with Gasteiger partial charge in [-0.25, -0.2) is 0 Å². The summed E-state index contributed by atoms with van der Waals surface area (Å²) in [5.74, 6) is 0.711. The second kappa shape index (κ2) is 8.45. The molecule has 1 aromatic rings. The summed E-state index contributed by atoms with van der Waals surface area (Å²) in [6.07, 6.45) is -3.06. The van der Waals surface area contributed by atoms with Gasteiger partial charge in [-0.05, 0) is 20.3 Å². The van der Waals surface area contributed by atoms with Gasteiger partial charge in [0.1, 0.15) is 12.3 Å². The van der Waals surface area contributed by atoms with E-state index >= 15 is 0 Å². The van der Waals surface area contributed by atoms with Crippen LogP contribution in [0.25, 0.3) is 0 Å². The Hall–Kier alpha value is -1.18. The van der Waals surface area contributed by atoms with Crippen LogP contribution in [0.3, 0.4) is 0 Å². The van der Waals surface area contributed by atoms with Gasteiger partial charge < -0.3 is 9.42 Å². The lowest BCUT2D eigenvalue weighted by Gasteiger charge is -2.23. The summed E-state index contributed by atoms with van der Waals surface area (Å²) < 4.78 is 42.6. The van der Waals surface area contributed by atoms with Gasteiger partial charge in [0.2, 0.25) is 5.91 Å². The maximum absolute atomic E-state index is 12.5. The summed E-state index contributed by atoms with van der Waals surface area (Å²) in [4.78, 5) is 12.9. The lowest BCUT2D eigenvalue weighted by atomic mass is 10.2. The molecular formula is C14H21F3N2O2S. The lowest BCUT2D eigenvalue weighted by molar-refractivity contribution is -0.159. The monoisotopic (exact) mass is 338 g/mol. The maximum atomic E-state index is 12.5. The van der Waals surface area contributed by atoms with Crippen molar-refractivity contribution in [2.45, 2.75) is 45.5 Å². The molecule has 4 nitrogen and oxygen atoms in total. The average Bonchev–Trinajstić information content (AvgIpc) is 2.73. The molecule has 1 heterocycles. The van der Waals surface area contributed by atoms with E-state index < -0.39 is 18.6 Å². The predicted molar refractivity (Wildman–Crippen MR) is 79.7 cm³/mol. The molecule has 0 aliphatic rings. The summed E-state index contributed by atoms with van der Waals surface area (Å²) in [6.45, 7) is 4.40. The first-order valence-electron chi connectivity index (χ1n) is 7.08. The quantitative estimate of drug-likeness (QED) is 0.725. The molecule has 126 valence electrons. The van der Waals surface area contributed by atoms with Crippen molar-refractivity contribution in [1.82, 2.24) is 10.1 Å². The number of aryl methyl sites for hydroxylation is 2. The van der Waals surface area contributed by atoms with Crippen LogP contribution in [0, 0.1) is 13.8 Å². The Labute approximate surface area is 132 Å². The largest absolute Gasteiger partial charge is 0.406 e. The number of carbonyl (C=O) groups is 1. The number of nitrogens with zero attached hydrogens (tertiary/aromatic N) is 2. The molecule has 0 aliphatic carbocycles. The van der Waals surface area contributed by atoms with Crippen molar-refractivity contribution in [3.05, 3.63) is 17.0 Å². The standard InChI is InChI=1S/C14H21F3N2O2S/c1-4-5-6-19(9-14(15,16)17)13(20)8-22-7-12-10(2)18-21-11(12)3/h4-9H2,1-3H3. The maximum Gasteiger partial charge on any atom is 0.406 e. The molecule has 0 saturated carbocycles. The molecule has 0 bridgehead atoms. The molecule has 0 N–H and O–H groups in total. The van der Waals surface area contributed by atoms with E-state index in [-0.39, 0.29) is 12.3 Å².